The smallest absolute Gasteiger partial charge is 0.257 e. The molecule has 2 aromatic carbocycles. The predicted octanol–water partition coefficient (Wildman–Crippen LogP) is 4.04. The molecule has 3 aromatic rings. The Balaban J connectivity index is 1.73. The highest BCUT2D eigenvalue weighted by Gasteiger charge is 2.26. The third kappa shape index (κ3) is 3.56. The molecular formula is C21H20FN3O4S. The fourth-order valence-corrected chi connectivity index (χ4v) is 4.34. The van der Waals surface area contributed by atoms with Gasteiger partial charge < -0.3 is 19.5 Å². The van der Waals surface area contributed by atoms with Crippen LogP contribution in [0.15, 0.2) is 36.4 Å². The van der Waals surface area contributed by atoms with Crippen molar-refractivity contribution in [2.75, 3.05) is 26.6 Å². The van der Waals surface area contributed by atoms with Crippen LogP contribution in [0.5, 0.6) is 17.2 Å². The Morgan fingerprint density at radius 3 is 2.33 bits per heavy atom. The maximum Gasteiger partial charge on any atom is 0.257 e. The van der Waals surface area contributed by atoms with Crippen LogP contribution in [0, 0.1) is 5.82 Å². The number of methoxy groups -OCH3 is 3. The number of carbonyl (C=O) groups is 1. The Hall–Kier alpha value is -3.20. The molecule has 0 unspecified atom stereocenters. The molecule has 0 bridgehead atoms. The number of hydrogen-bond acceptors (Lipinski definition) is 6. The Morgan fingerprint density at radius 1 is 1.07 bits per heavy atom. The maximum atomic E-state index is 13.4. The van der Waals surface area contributed by atoms with Crippen molar-refractivity contribution in [1.82, 2.24) is 9.78 Å². The van der Waals surface area contributed by atoms with Gasteiger partial charge in [0.15, 0.2) is 11.5 Å². The van der Waals surface area contributed by atoms with E-state index in [4.69, 9.17) is 14.2 Å². The van der Waals surface area contributed by atoms with E-state index in [2.05, 4.69) is 10.4 Å². The van der Waals surface area contributed by atoms with Crippen molar-refractivity contribution in [3.8, 4) is 22.9 Å². The molecule has 0 radical (unpaired) electrons. The Morgan fingerprint density at radius 2 is 1.73 bits per heavy atom. The highest BCUT2D eigenvalue weighted by atomic mass is 32.2. The van der Waals surface area contributed by atoms with Crippen LogP contribution in [-0.2, 0) is 11.5 Å². The highest BCUT2D eigenvalue weighted by Crippen LogP contribution is 2.39. The summed E-state index contributed by atoms with van der Waals surface area (Å²) in [6.45, 7) is 0. The van der Waals surface area contributed by atoms with Gasteiger partial charge in [-0.1, -0.05) is 0 Å². The average molecular weight is 429 g/mol. The van der Waals surface area contributed by atoms with E-state index in [1.54, 1.807) is 40.7 Å². The van der Waals surface area contributed by atoms with E-state index < -0.39 is 0 Å². The van der Waals surface area contributed by atoms with Gasteiger partial charge in [-0.25, -0.2) is 9.07 Å². The molecule has 0 saturated heterocycles. The van der Waals surface area contributed by atoms with Gasteiger partial charge in [-0.2, -0.15) is 16.9 Å². The molecule has 1 amide bonds. The molecule has 1 aliphatic heterocycles. The number of ether oxygens (including phenoxy) is 3. The topological polar surface area (TPSA) is 74.6 Å². The molecule has 0 atom stereocenters. The molecule has 30 heavy (non-hydrogen) atoms. The van der Waals surface area contributed by atoms with E-state index in [9.17, 15) is 9.18 Å². The first-order chi connectivity index (χ1) is 14.5. The Labute approximate surface area is 177 Å². The number of hydrogen-bond donors (Lipinski definition) is 1. The molecule has 1 N–H and O–H groups in total. The first-order valence-corrected chi connectivity index (χ1v) is 10.3. The fraction of sp³-hybridized carbons (Fsp3) is 0.238. The van der Waals surface area contributed by atoms with Crippen LogP contribution in [0.1, 0.15) is 21.6 Å². The van der Waals surface area contributed by atoms with Crippen molar-refractivity contribution in [2.45, 2.75) is 11.5 Å². The number of thioether (sulfide) groups is 1. The molecule has 0 aliphatic carbocycles. The molecule has 7 nitrogen and oxygen atoms in total. The van der Waals surface area contributed by atoms with Gasteiger partial charge >= 0.3 is 0 Å². The standard InChI is InChI=1S/C21H20FN3O4S/c1-27-17-8-12(9-18(28-2)19(17)29-3)21(26)23-20-15-10-30-11-16(15)24-25(20)14-6-4-13(22)5-7-14/h4-9H,10-11H2,1-3H3,(H,23,26). The number of rotatable bonds is 6. The highest BCUT2D eigenvalue weighted by molar-refractivity contribution is 7.98. The van der Waals surface area contributed by atoms with Gasteiger partial charge in [0.2, 0.25) is 5.75 Å². The van der Waals surface area contributed by atoms with E-state index in [0.717, 1.165) is 22.8 Å². The maximum absolute atomic E-state index is 13.4. The third-order valence-corrected chi connectivity index (χ3v) is 5.75. The van der Waals surface area contributed by atoms with Gasteiger partial charge in [0.1, 0.15) is 11.6 Å². The number of fused-ring (bicyclic) bond motifs is 1. The number of halogens is 1. The summed E-state index contributed by atoms with van der Waals surface area (Å²) < 4.78 is 31.0. The molecule has 9 heteroatoms. The van der Waals surface area contributed by atoms with E-state index in [1.807, 2.05) is 0 Å². The van der Waals surface area contributed by atoms with E-state index in [1.165, 1.54) is 33.5 Å². The zero-order valence-electron chi connectivity index (χ0n) is 16.7. The zero-order chi connectivity index (χ0) is 21.3. The molecule has 0 spiro atoms. The lowest BCUT2D eigenvalue weighted by Gasteiger charge is -2.15. The van der Waals surface area contributed by atoms with Crippen LogP contribution in [0.4, 0.5) is 10.2 Å². The summed E-state index contributed by atoms with van der Waals surface area (Å²) in [7, 11) is 4.49. The summed E-state index contributed by atoms with van der Waals surface area (Å²) in [5.74, 6) is 2.56. The van der Waals surface area contributed by atoms with Crippen molar-refractivity contribution in [3.63, 3.8) is 0 Å². The lowest BCUT2D eigenvalue weighted by molar-refractivity contribution is 0.102. The molecule has 0 fully saturated rings. The van der Waals surface area contributed by atoms with Gasteiger partial charge in [0, 0.05) is 22.6 Å². The van der Waals surface area contributed by atoms with Gasteiger partial charge in [-0.15, -0.1) is 0 Å². The summed E-state index contributed by atoms with van der Waals surface area (Å²) in [6.07, 6.45) is 0. The second-order valence-electron chi connectivity index (χ2n) is 6.52. The van der Waals surface area contributed by atoms with E-state index in [-0.39, 0.29) is 11.7 Å². The minimum atomic E-state index is -0.350. The third-order valence-electron chi connectivity index (χ3n) is 4.78. The predicted molar refractivity (Wildman–Crippen MR) is 113 cm³/mol. The molecule has 0 saturated carbocycles. The summed E-state index contributed by atoms with van der Waals surface area (Å²) in [5, 5.41) is 7.58. The number of benzene rings is 2. The SMILES string of the molecule is COc1cc(C(=O)Nc2c3c(nn2-c2ccc(F)cc2)CSC3)cc(OC)c1OC. The van der Waals surface area contributed by atoms with Gasteiger partial charge in [0.05, 0.1) is 32.7 Å². The van der Waals surface area contributed by atoms with Crippen LogP contribution in [0.3, 0.4) is 0 Å². The first kappa shape index (κ1) is 20.1. The van der Waals surface area contributed by atoms with Gasteiger partial charge in [-0.3, -0.25) is 4.79 Å². The molecule has 4 rings (SSSR count). The lowest BCUT2D eigenvalue weighted by atomic mass is 10.1. The number of anilines is 1. The number of nitrogens with one attached hydrogen (secondary N) is 1. The average Bonchev–Trinajstić information content (AvgIpc) is 3.35. The second kappa shape index (κ2) is 8.27. The summed E-state index contributed by atoms with van der Waals surface area (Å²) in [5.41, 5.74) is 2.88. The molecule has 156 valence electrons. The largest absolute Gasteiger partial charge is 0.493 e. The minimum Gasteiger partial charge on any atom is -0.493 e. The quantitative estimate of drug-likeness (QED) is 0.638. The zero-order valence-corrected chi connectivity index (χ0v) is 17.5. The summed E-state index contributed by atoms with van der Waals surface area (Å²) in [6, 6.07) is 9.15. The van der Waals surface area contributed by atoms with Crippen molar-refractivity contribution in [2.24, 2.45) is 0 Å². The van der Waals surface area contributed by atoms with Gasteiger partial charge in [0.25, 0.3) is 5.91 Å². The molecule has 2 heterocycles. The van der Waals surface area contributed by atoms with Crippen molar-refractivity contribution < 1.29 is 23.4 Å². The normalized spacial score (nSPS) is 12.4. The second-order valence-corrected chi connectivity index (χ2v) is 7.51. The molecule has 1 aliphatic rings. The Kier molecular flexibility index (Phi) is 5.54. The minimum absolute atomic E-state index is 0.336. The number of aromatic nitrogens is 2. The first-order valence-electron chi connectivity index (χ1n) is 9.11. The van der Waals surface area contributed by atoms with Crippen LogP contribution < -0.4 is 19.5 Å². The molecule has 1 aromatic heterocycles. The lowest BCUT2D eigenvalue weighted by Crippen LogP contribution is -2.16. The van der Waals surface area contributed by atoms with Crippen molar-refractivity contribution >= 4 is 23.5 Å². The van der Waals surface area contributed by atoms with Crippen LogP contribution in [0.2, 0.25) is 0 Å². The van der Waals surface area contributed by atoms with Crippen molar-refractivity contribution in [1.29, 1.82) is 0 Å². The number of carbonyl (C=O) groups excluding carboxylic acids is 1. The summed E-state index contributed by atoms with van der Waals surface area (Å²) in [4.78, 5) is 13.1. The van der Waals surface area contributed by atoms with E-state index >= 15 is 0 Å². The van der Waals surface area contributed by atoms with Crippen LogP contribution >= 0.6 is 11.8 Å². The van der Waals surface area contributed by atoms with E-state index in [0.29, 0.717) is 34.3 Å². The van der Waals surface area contributed by atoms with Crippen molar-refractivity contribution in [3.05, 3.63) is 59.0 Å². The van der Waals surface area contributed by atoms with Gasteiger partial charge in [-0.05, 0) is 36.4 Å². The number of nitrogens with zero attached hydrogens (tertiary/aromatic N) is 2. The Bertz CT molecular complexity index is 1070. The molecular weight excluding hydrogens is 409 g/mol. The monoisotopic (exact) mass is 429 g/mol. The van der Waals surface area contributed by atoms with Crippen LogP contribution in [-0.4, -0.2) is 37.0 Å². The number of amides is 1. The van der Waals surface area contributed by atoms with Crippen LogP contribution in [0.25, 0.3) is 5.69 Å². The summed E-state index contributed by atoms with van der Waals surface area (Å²) >= 11 is 1.73. The fourth-order valence-electron chi connectivity index (χ4n) is 3.30.